The maximum atomic E-state index is 2.38. The molecule has 0 atom stereocenters. The molecule has 0 radical (unpaired) electrons. The fourth-order valence-electron chi connectivity index (χ4n) is 2.31. The second kappa shape index (κ2) is 3.60. The molecule has 2 aromatic heterocycles. The van der Waals surface area contributed by atoms with E-state index in [-0.39, 0.29) is 0 Å². The molecule has 0 fully saturated rings. The van der Waals surface area contributed by atoms with E-state index in [2.05, 4.69) is 49.4 Å². The Hall–Kier alpha value is -0.781. The number of rotatable bonds is 0. The molecule has 0 saturated heterocycles. The third-order valence-corrected chi connectivity index (χ3v) is 8.81. The summed E-state index contributed by atoms with van der Waals surface area (Å²) in [6, 6.07) is 15.9. The summed E-state index contributed by atoms with van der Waals surface area (Å²) >= 11 is 1.07. The van der Waals surface area contributed by atoms with E-state index in [9.17, 15) is 0 Å². The SMILES string of the molecule is Cc1ccc2c(c1)[se]c1c3ccccc3[se]c21. The molecule has 17 heavy (non-hydrogen) atoms. The molecule has 0 unspecified atom stereocenters. The van der Waals surface area contributed by atoms with Crippen LogP contribution in [0.5, 0.6) is 0 Å². The molecule has 0 spiro atoms. The maximum absolute atomic E-state index is 2.38. The predicted octanol–water partition coefficient (Wildman–Crippen LogP) is 3.57. The molecule has 0 aliphatic carbocycles. The van der Waals surface area contributed by atoms with Crippen LogP contribution in [-0.4, -0.2) is 29.0 Å². The Morgan fingerprint density at radius 1 is 0.765 bits per heavy atom. The van der Waals surface area contributed by atoms with Crippen LogP contribution in [0.1, 0.15) is 5.56 Å². The summed E-state index contributed by atoms with van der Waals surface area (Å²) in [5.41, 5.74) is 1.40. The van der Waals surface area contributed by atoms with Crippen LogP contribution in [-0.2, 0) is 0 Å². The van der Waals surface area contributed by atoms with E-state index in [0.717, 1.165) is 0 Å². The minimum atomic E-state index is 0.533. The summed E-state index contributed by atoms with van der Waals surface area (Å²) in [5.74, 6) is 0. The molecule has 0 aliphatic heterocycles. The van der Waals surface area contributed by atoms with Gasteiger partial charge in [-0.15, -0.1) is 0 Å². The van der Waals surface area contributed by atoms with Gasteiger partial charge in [0, 0.05) is 0 Å². The van der Waals surface area contributed by atoms with Crippen molar-refractivity contribution in [1.29, 1.82) is 0 Å². The molecular formula is C15H10Se2. The Bertz CT molecular complexity index is 849. The van der Waals surface area contributed by atoms with Crippen molar-refractivity contribution in [3.63, 3.8) is 0 Å². The molecule has 4 rings (SSSR count). The third kappa shape index (κ3) is 1.42. The number of fused-ring (bicyclic) bond motifs is 5. The van der Waals surface area contributed by atoms with Crippen LogP contribution in [0.3, 0.4) is 0 Å². The molecular weight excluding hydrogens is 338 g/mol. The van der Waals surface area contributed by atoms with Crippen molar-refractivity contribution < 1.29 is 0 Å². The van der Waals surface area contributed by atoms with Gasteiger partial charge >= 0.3 is 112 Å². The van der Waals surface area contributed by atoms with Gasteiger partial charge in [-0.3, -0.25) is 0 Å². The molecule has 0 amide bonds. The zero-order valence-electron chi connectivity index (χ0n) is 9.36. The normalized spacial score (nSPS) is 11.8. The molecule has 0 aliphatic rings. The van der Waals surface area contributed by atoms with Crippen LogP contribution < -0.4 is 0 Å². The van der Waals surface area contributed by atoms with E-state index in [4.69, 9.17) is 0 Å². The molecule has 0 saturated carbocycles. The van der Waals surface area contributed by atoms with Crippen molar-refractivity contribution >= 4 is 56.8 Å². The van der Waals surface area contributed by atoms with E-state index in [0.29, 0.717) is 29.0 Å². The van der Waals surface area contributed by atoms with Crippen molar-refractivity contribution in [2.45, 2.75) is 6.92 Å². The predicted molar refractivity (Wildman–Crippen MR) is 77.6 cm³/mol. The van der Waals surface area contributed by atoms with Gasteiger partial charge in [0.25, 0.3) is 0 Å². The number of aryl methyl sites for hydroxylation is 1. The van der Waals surface area contributed by atoms with Gasteiger partial charge in [-0.1, -0.05) is 0 Å². The Morgan fingerprint density at radius 2 is 1.47 bits per heavy atom. The van der Waals surface area contributed by atoms with Gasteiger partial charge in [0.2, 0.25) is 0 Å². The third-order valence-electron chi connectivity index (χ3n) is 3.14. The van der Waals surface area contributed by atoms with Gasteiger partial charge in [0.05, 0.1) is 0 Å². The zero-order chi connectivity index (χ0) is 11.4. The summed E-state index contributed by atoms with van der Waals surface area (Å²) in [5, 5.41) is 3.08. The fourth-order valence-corrected chi connectivity index (χ4v) is 8.85. The van der Waals surface area contributed by atoms with E-state index < -0.39 is 0 Å². The Morgan fingerprint density at radius 3 is 2.35 bits per heavy atom. The zero-order valence-corrected chi connectivity index (χ0v) is 12.8. The van der Waals surface area contributed by atoms with E-state index in [1.165, 1.54) is 10.9 Å². The molecule has 2 heterocycles. The van der Waals surface area contributed by atoms with Gasteiger partial charge < -0.3 is 0 Å². The van der Waals surface area contributed by atoms with Crippen molar-refractivity contribution in [2.75, 3.05) is 0 Å². The molecule has 2 heteroatoms. The van der Waals surface area contributed by atoms with E-state index in [1.54, 1.807) is 22.4 Å². The second-order valence-corrected chi connectivity index (χ2v) is 8.77. The molecule has 0 bridgehead atoms. The molecule has 0 nitrogen and oxygen atoms in total. The van der Waals surface area contributed by atoms with Crippen LogP contribution in [0.2, 0.25) is 0 Å². The summed E-state index contributed by atoms with van der Waals surface area (Å²) in [4.78, 5) is 0. The molecule has 0 N–H and O–H groups in total. The summed E-state index contributed by atoms with van der Waals surface area (Å²) in [6.45, 7) is 2.19. The first kappa shape index (κ1) is 10.2. The summed E-state index contributed by atoms with van der Waals surface area (Å²) in [6.07, 6.45) is 0. The monoisotopic (exact) mass is 350 g/mol. The van der Waals surface area contributed by atoms with Gasteiger partial charge in [0.15, 0.2) is 0 Å². The van der Waals surface area contributed by atoms with Crippen LogP contribution in [0.25, 0.3) is 27.8 Å². The van der Waals surface area contributed by atoms with Gasteiger partial charge in [-0.25, -0.2) is 0 Å². The summed E-state index contributed by atoms with van der Waals surface area (Å²) in [7, 11) is 0. The van der Waals surface area contributed by atoms with Crippen LogP contribution in [0.4, 0.5) is 0 Å². The fraction of sp³-hybridized carbons (Fsp3) is 0.0667. The van der Waals surface area contributed by atoms with Crippen molar-refractivity contribution in [2.24, 2.45) is 0 Å². The molecule has 2 aromatic carbocycles. The van der Waals surface area contributed by atoms with Crippen LogP contribution >= 0.6 is 0 Å². The average Bonchev–Trinajstić information content (AvgIpc) is 2.84. The quantitative estimate of drug-likeness (QED) is 0.426. The van der Waals surface area contributed by atoms with Gasteiger partial charge in [-0.2, -0.15) is 0 Å². The molecule has 82 valence electrons. The first-order valence-corrected chi connectivity index (χ1v) is 9.06. The first-order valence-electron chi connectivity index (χ1n) is 5.63. The Labute approximate surface area is 111 Å². The number of hydrogen-bond donors (Lipinski definition) is 0. The van der Waals surface area contributed by atoms with Crippen LogP contribution in [0, 0.1) is 6.92 Å². The van der Waals surface area contributed by atoms with Crippen molar-refractivity contribution in [1.82, 2.24) is 0 Å². The standard InChI is InChI=1S/C15H10Se2/c1-9-6-7-11-13(8-9)17-14-10-4-2-3-5-12(10)16-15(11)14/h2-8H,1H3. The first-order chi connectivity index (χ1) is 8.33. The summed E-state index contributed by atoms with van der Waals surface area (Å²) < 4.78 is 6.50. The Kier molecular flexibility index (Phi) is 2.16. The van der Waals surface area contributed by atoms with Gasteiger partial charge in [0.1, 0.15) is 0 Å². The van der Waals surface area contributed by atoms with E-state index >= 15 is 0 Å². The second-order valence-electron chi connectivity index (χ2n) is 4.36. The topological polar surface area (TPSA) is 0 Å². The van der Waals surface area contributed by atoms with Crippen molar-refractivity contribution in [3.05, 3.63) is 48.0 Å². The number of benzene rings is 2. The van der Waals surface area contributed by atoms with Gasteiger partial charge in [-0.05, 0) is 0 Å². The van der Waals surface area contributed by atoms with E-state index in [1.807, 2.05) is 0 Å². The Balaban J connectivity index is 2.29. The average molecular weight is 348 g/mol. The van der Waals surface area contributed by atoms with Crippen LogP contribution in [0.15, 0.2) is 42.5 Å². The van der Waals surface area contributed by atoms with Crippen molar-refractivity contribution in [3.8, 4) is 0 Å². The number of hydrogen-bond acceptors (Lipinski definition) is 0. The molecule has 4 aromatic rings. The minimum absolute atomic E-state index is 0.533.